The van der Waals surface area contributed by atoms with E-state index in [1.165, 1.54) is 12.4 Å². The maximum absolute atomic E-state index is 4.83. The van der Waals surface area contributed by atoms with Crippen molar-refractivity contribution in [3.63, 3.8) is 0 Å². The Labute approximate surface area is 32.0 Å². The van der Waals surface area contributed by atoms with E-state index in [0.717, 1.165) is 0 Å². The summed E-state index contributed by atoms with van der Waals surface area (Å²) >= 11 is 0. The minimum atomic E-state index is 1.31. The molecule has 0 spiro atoms. The van der Waals surface area contributed by atoms with Crippen LogP contribution in [0.5, 0.6) is 0 Å². The molecule has 0 aliphatic heterocycles. The Morgan fingerprint density at radius 2 is 2.40 bits per heavy atom. The van der Waals surface area contributed by atoms with Crippen molar-refractivity contribution in [1.82, 2.24) is 5.32 Å². The lowest BCUT2D eigenvalue weighted by atomic mass is 10.9. The molecule has 27 valence electrons. The molecule has 0 saturated heterocycles. The van der Waals surface area contributed by atoms with E-state index in [-0.39, 0.29) is 0 Å². The number of nitrogens with one attached hydrogen (secondary N) is 1. The van der Waals surface area contributed by atoms with E-state index in [1.807, 2.05) is 0 Å². The van der Waals surface area contributed by atoms with Crippen LogP contribution in [0.25, 0.3) is 0 Å². The van der Waals surface area contributed by atoms with Crippen LogP contribution in [0.2, 0.25) is 0 Å². The molecular formula is C4H6N. The fourth-order valence-electron chi connectivity index (χ4n) is 0.0680. The third-order valence-corrected chi connectivity index (χ3v) is 0.214. The van der Waals surface area contributed by atoms with Gasteiger partial charge in [0.2, 0.25) is 0 Å². The normalized spacial score (nSPS) is 5.60. The highest BCUT2D eigenvalue weighted by Crippen LogP contribution is 1.46. The lowest BCUT2D eigenvalue weighted by molar-refractivity contribution is 1.21. The highest BCUT2D eigenvalue weighted by Gasteiger charge is 1.44. The van der Waals surface area contributed by atoms with E-state index in [1.54, 1.807) is 0 Å². The highest BCUT2D eigenvalue weighted by atomic mass is 14.8. The van der Waals surface area contributed by atoms with Crippen LogP contribution in [0.3, 0.4) is 0 Å². The number of hydrogen-bond acceptors (Lipinski definition) is 1. The molecule has 0 aromatic heterocycles. The monoisotopic (exact) mass is 68.1 g/mol. The van der Waals surface area contributed by atoms with Gasteiger partial charge in [-0.05, 0) is 12.8 Å². The van der Waals surface area contributed by atoms with Crippen LogP contribution in [0.4, 0.5) is 0 Å². The molecule has 0 rings (SSSR count). The molecule has 0 saturated carbocycles. The molecule has 1 nitrogen and oxygen atoms in total. The lowest BCUT2D eigenvalue weighted by Gasteiger charge is -1.75. The van der Waals surface area contributed by atoms with Gasteiger partial charge in [-0.15, -0.1) is 0 Å². The van der Waals surface area contributed by atoms with Gasteiger partial charge in [-0.1, -0.05) is 6.58 Å². The van der Waals surface area contributed by atoms with E-state index < -0.39 is 0 Å². The Morgan fingerprint density at radius 1 is 1.80 bits per heavy atom. The highest BCUT2D eigenvalue weighted by molar-refractivity contribution is 4.69. The number of hydrogen-bond donors (Lipinski definition) is 1. The lowest BCUT2D eigenvalue weighted by Crippen LogP contribution is -1.85. The van der Waals surface area contributed by atoms with Crippen molar-refractivity contribution in [2.75, 3.05) is 0 Å². The first-order chi connectivity index (χ1) is 2.41. The van der Waals surface area contributed by atoms with Crippen molar-refractivity contribution in [2.24, 2.45) is 0 Å². The van der Waals surface area contributed by atoms with Gasteiger partial charge in [0.25, 0.3) is 0 Å². The van der Waals surface area contributed by atoms with Crippen LogP contribution in [-0.2, 0) is 0 Å². The van der Waals surface area contributed by atoms with Crippen LogP contribution in [-0.4, -0.2) is 0 Å². The first-order valence-electron chi connectivity index (χ1n) is 1.32. The molecule has 0 heterocycles. The first kappa shape index (κ1) is 4.28. The van der Waals surface area contributed by atoms with Gasteiger partial charge in [0.05, 0.1) is 0 Å². The summed E-state index contributed by atoms with van der Waals surface area (Å²) in [6.45, 7) is 8.16. The van der Waals surface area contributed by atoms with E-state index in [4.69, 9.17) is 6.58 Å². The average molecular weight is 68.1 g/mol. The summed E-state index contributed by atoms with van der Waals surface area (Å²) in [5.74, 6) is 0. The van der Waals surface area contributed by atoms with Crippen molar-refractivity contribution < 1.29 is 0 Å². The quantitative estimate of drug-likeness (QED) is 0.501. The smallest absolute Gasteiger partial charge is 0.000472 e. The zero-order valence-corrected chi connectivity index (χ0v) is 2.94. The summed E-state index contributed by atoms with van der Waals surface area (Å²) < 4.78 is 0. The predicted molar refractivity (Wildman–Crippen MR) is 22.2 cm³/mol. The zero-order valence-electron chi connectivity index (χ0n) is 2.94. The molecule has 0 aliphatic rings. The Bertz CT molecular complexity index is 32.9. The maximum Gasteiger partial charge on any atom is 0.000472 e. The van der Waals surface area contributed by atoms with Crippen LogP contribution in [0.15, 0.2) is 19.0 Å². The average Bonchev–Trinajstić information content (AvgIpc) is 1.41. The molecule has 0 aromatic carbocycles. The van der Waals surface area contributed by atoms with Crippen molar-refractivity contribution in [1.29, 1.82) is 0 Å². The van der Waals surface area contributed by atoms with Gasteiger partial charge in [0.15, 0.2) is 0 Å². The third kappa shape index (κ3) is 3.28. The Balaban J connectivity index is 2.65. The molecule has 1 heteroatoms. The third-order valence-electron chi connectivity index (χ3n) is 0.214. The maximum atomic E-state index is 4.83. The van der Waals surface area contributed by atoms with Crippen molar-refractivity contribution in [3.8, 4) is 0 Å². The van der Waals surface area contributed by atoms with Gasteiger partial charge in [-0.3, -0.25) is 0 Å². The molecular weight excluding hydrogens is 62.1 g/mol. The summed E-state index contributed by atoms with van der Waals surface area (Å²) in [4.78, 5) is 0. The Hall–Kier alpha value is -0.720. The van der Waals surface area contributed by atoms with Gasteiger partial charge < -0.3 is 5.32 Å². The van der Waals surface area contributed by atoms with Crippen molar-refractivity contribution in [2.45, 2.75) is 0 Å². The number of rotatable bonds is 2. The fraction of sp³-hybridized carbons (Fsp3) is 0. The second-order valence-corrected chi connectivity index (χ2v) is 0.537. The van der Waals surface area contributed by atoms with Crippen LogP contribution in [0.1, 0.15) is 0 Å². The van der Waals surface area contributed by atoms with Gasteiger partial charge in [-0.25, -0.2) is 0 Å². The van der Waals surface area contributed by atoms with E-state index in [0.29, 0.717) is 0 Å². The molecule has 0 unspecified atom stereocenters. The summed E-state index contributed by atoms with van der Waals surface area (Å²) in [6, 6.07) is 0. The molecule has 0 amide bonds. The van der Waals surface area contributed by atoms with Gasteiger partial charge in [0, 0.05) is 6.20 Å². The summed E-state index contributed by atoms with van der Waals surface area (Å²) in [7, 11) is 0. The van der Waals surface area contributed by atoms with Gasteiger partial charge in [-0.2, -0.15) is 0 Å². The topological polar surface area (TPSA) is 12.0 Å². The first-order valence-corrected chi connectivity index (χ1v) is 1.32. The molecule has 0 bridgehead atoms. The largest absolute Gasteiger partial charge is 0.368 e. The fourth-order valence-corrected chi connectivity index (χ4v) is 0.0680. The Kier molecular flexibility index (Phi) is 2.81. The zero-order chi connectivity index (χ0) is 4.12. The molecule has 1 N–H and O–H groups in total. The van der Waals surface area contributed by atoms with E-state index in [2.05, 4.69) is 11.9 Å². The van der Waals surface area contributed by atoms with Gasteiger partial charge in [0.1, 0.15) is 0 Å². The summed E-state index contributed by atoms with van der Waals surface area (Å²) in [5, 5.41) is 2.53. The molecule has 0 aromatic rings. The van der Waals surface area contributed by atoms with Crippen LogP contribution >= 0.6 is 0 Å². The molecule has 1 radical (unpaired) electrons. The molecule has 0 aliphatic carbocycles. The van der Waals surface area contributed by atoms with Crippen LogP contribution in [0, 0.1) is 6.58 Å². The molecule has 0 fully saturated rings. The van der Waals surface area contributed by atoms with E-state index in [9.17, 15) is 0 Å². The molecule has 0 atom stereocenters. The standard InChI is InChI=1S/C4H6N/c1-3-5-4-2/h1,3-5H,2H2. The minimum absolute atomic E-state index is 1.31. The minimum Gasteiger partial charge on any atom is -0.368 e. The van der Waals surface area contributed by atoms with Crippen molar-refractivity contribution in [3.05, 3.63) is 25.6 Å². The molecule has 5 heavy (non-hydrogen) atoms. The SMILES string of the molecule is [CH]=CNC=C. The van der Waals surface area contributed by atoms with Crippen LogP contribution < -0.4 is 5.32 Å². The van der Waals surface area contributed by atoms with Crippen molar-refractivity contribution >= 4 is 0 Å². The second kappa shape index (κ2) is 3.28. The second-order valence-electron chi connectivity index (χ2n) is 0.537. The Morgan fingerprint density at radius 3 is 2.40 bits per heavy atom. The predicted octanol–water partition coefficient (Wildman–Crippen LogP) is 0.666. The summed E-state index contributed by atoms with van der Waals surface area (Å²) in [6.07, 6.45) is 2.81. The van der Waals surface area contributed by atoms with E-state index >= 15 is 0 Å². The van der Waals surface area contributed by atoms with Gasteiger partial charge >= 0.3 is 0 Å². The summed E-state index contributed by atoms with van der Waals surface area (Å²) in [5.41, 5.74) is 0.